The van der Waals surface area contributed by atoms with Crippen LogP contribution >= 0.6 is 15.9 Å². The second-order valence-corrected chi connectivity index (χ2v) is 3.86. The van der Waals surface area contributed by atoms with Crippen molar-refractivity contribution in [2.24, 2.45) is 0 Å². The minimum atomic E-state index is -1.07. The minimum Gasteiger partial charge on any atom is -0.481 e. The van der Waals surface area contributed by atoms with Gasteiger partial charge in [0.25, 0.3) is 0 Å². The van der Waals surface area contributed by atoms with Gasteiger partial charge in [-0.15, -0.1) is 0 Å². The zero-order valence-corrected chi connectivity index (χ0v) is 9.51. The second kappa shape index (κ2) is 4.88. The molecule has 1 heterocycles. The first-order valence-corrected chi connectivity index (χ1v) is 4.97. The van der Waals surface area contributed by atoms with E-state index in [4.69, 9.17) is 5.11 Å². The van der Waals surface area contributed by atoms with E-state index in [0.29, 0.717) is 4.47 Å². The number of carboxylic acid groups (broad SMARTS) is 1. The fourth-order valence-corrected chi connectivity index (χ4v) is 1.56. The molecule has 0 amide bonds. The van der Waals surface area contributed by atoms with Gasteiger partial charge in [0.15, 0.2) is 0 Å². The van der Waals surface area contributed by atoms with Crippen molar-refractivity contribution in [3.63, 3.8) is 0 Å². The monoisotopic (exact) mass is 290 g/mol. The number of hydrogen-bond acceptors (Lipinski definition) is 4. The maximum atomic E-state index is 11.5. The Kier molecular flexibility index (Phi) is 3.78. The third-order valence-electron chi connectivity index (χ3n) is 1.80. The Morgan fingerprint density at radius 2 is 2.25 bits per heavy atom. The van der Waals surface area contributed by atoms with E-state index in [9.17, 15) is 19.7 Å². The quantitative estimate of drug-likeness (QED) is 0.658. The Morgan fingerprint density at radius 3 is 2.75 bits per heavy atom. The number of nitrogens with zero attached hydrogens (tertiary/aromatic N) is 2. The van der Waals surface area contributed by atoms with E-state index in [0.717, 1.165) is 10.6 Å². The van der Waals surface area contributed by atoms with Crippen LogP contribution in [0.15, 0.2) is 21.5 Å². The largest absolute Gasteiger partial charge is 0.481 e. The van der Waals surface area contributed by atoms with E-state index in [2.05, 4.69) is 15.9 Å². The van der Waals surface area contributed by atoms with Crippen LogP contribution in [0.5, 0.6) is 0 Å². The van der Waals surface area contributed by atoms with E-state index in [1.165, 1.54) is 6.20 Å². The van der Waals surface area contributed by atoms with Crippen molar-refractivity contribution in [2.45, 2.75) is 13.0 Å². The van der Waals surface area contributed by atoms with Gasteiger partial charge in [0, 0.05) is 23.3 Å². The molecule has 1 N–H and O–H groups in total. The molecule has 0 bridgehead atoms. The van der Waals surface area contributed by atoms with E-state index in [1.807, 2.05) is 0 Å². The second-order valence-electron chi connectivity index (χ2n) is 2.94. The molecule has 86 valence electrons. The summed E-state index contributed by atoms with van der Waals surface area (Å²) in [6.45, 7) is -0.103. The molecular formula is C8H7BrN2O5. The van der Waals surface area contributed by atoms with Gasteiger partial charge in [-0.05, 0) is 15.9 Å². The van der Waals surface area contributed by atoms with E-state index < -0.39 is 22.1 Å². The third kappa shape index (κ3) is 2.89. The van der Waals surface area contributed by atoms with E-state index in [-0.39, 0.29) is 13.0 Å². The molecule has 0 aliphatic carbocycles. The molecule has 1 aromatic rings. The number of aryl methyl sites for hydroxylation is 1. The molecule has 0 aliphatic rings. The van der Waals surface area contributed by atoms with Gasteiger partial charge in [-0.1, -0.05) is 0 Å². The normalized spacial score (nSPS) is 10.1. The summed E-state index contributed by atoms with van der Waals surface area (Å²) in [7, 11) is 0. The highest BCUT2D eigenvalue weighted by Gasteiger charge is 2.16. The summed E-state index contributed by atoms with van der Waals surface area (Å²) < 4.78 is 1.35. The Bertz CT molecular complexity index is 496. The molecule has 1 aromatic heterocycles. The lowest BCUT2D eigenvalue weighted by Crippen LogP contribution is -2.23. The molecule has 0 saturated heterocycles. The molecule has 0 radical (unpaired) electrons. The first kappa shape index (κ1) is 12.4. The number of nitro groups is 1. The van der Waals surface area contributed by atoms with Gasteiger partial charge >= 0.3 is 17.2 Å². The van der Waals surface area contributed by atoms with Crippen LogP contribution in [-0.4, -0.2) is 20.6 Å². The first-order chi connectivity index (χ1) is 7.41. The summed E-state index contributed by atoms with van der Waals surface area (Å²) in [6.07, 6.45) is 1.05. The average Bonchev–Trinajstić information content (AvgIpc) is 2.18. The fraction of sp³-hybridized carbons (Fsp3) is 0.250. The summed E-state index contributed by atoms with van der Waals surface area (Å²) in [5.74, 6) is -1.07. The molecule has 1 rings (SSSR count). The number of rotatable bonds is 4. The lowest BCUT2D eigenvalue weighted by atomic mass is 10.3. The summed E-state index contributed by atoms with van der Waals surface area (Å²) in [4.78, 5) is 31.5. The highest BCUT2D eigenvalue weighted by molar-refractivity contribution is 9.10. The van der Waals surface area contributed by atoms with Crippen LogP contribution in [0.1, 0.15) is 6.42 Å². The summed E-state index contributed by atoms with van der Waals surface area (Å²) in [6, 6.07) is 1.08. The van der Waals surface area contributed by atoms with Crippen LogP contribution in [0.4, 0.5) is 5.69 Å². The van der Waals surface area contributed by atoms with Gasteiger partial charge in [-0.2, -0.15) is 0 Å². The third-order valence-corrected chi connectivity index (χ3v) is 2.23. The van der Waals surface area contributed by atoms with E-state index in [1.54, 1.807) is 0 Å². The van der Waals surface area contributed by atoms with Crippen molar-refractivity contribution >= 4 is 27.6 Å². The van der Waals surface area contributed by atoms with Crippen molar-refractivity contribution in [1.29, 1.82) is 0 Å². The lowest BCUT2D eigenvalue weighted by Gasteiger charge is -2.03. The van der Waals surface area contributed by atoms with Crippen molar-refractivity contribution in [3.8, 4) is 0 Å². The standard InChI is InChI=1S/C8H7BrN2O5/c9-5-3-6(11(15)16)8(14)10(4-5)2-1-7(12)13/h3-4H,1-2H2,(H,12,13). The van der Waals surface area contributed by atoms with Crippen LogP contribution in [0.2, 0.25) is 0 Å². The minimum absolute atomic E-state index is 0.103. The Labute approximate surface area is 97.6 Å². The number of carbonyl (C=O) groups is 1. The van der Waals surface area contributed by atoms with Crippen molar-refractivity contribution in [1.82, 2.24) is 4.57 Å². The number of aliphatic carboxylic acids is 1. The Morgan fingerprint density at radius 1 is 1.62 bits per heavy atom. The first-order valence-electron chi connectivity index (χ1n) is 4.18. The predicted octanol–water partition coefficient (Wildman–Crippen LogP) is 0.994. The van der Waals surface area contributed by atoms with Crippen LogP contribution in [0, 0.1) is 10.1 Å². The van der Waals surface area contributed by atoms with E-state index >= 15 is 0 Å². The van der Waals surface area contributed by atoms with Crippen LogP contribution < -0.4 is 5.56 Å². The smallest absolute Gasteiger partial charge is 0.335 e. The number of pyridine rings is 1. The molecule has 0 unspecified atom stereocenters. The van der Waals surface area contributed by atoms with Gasteiger partial charge in [0.05, 0.1) is 11.3 Å². The van der Waals surface area contributed by atoms with Crippen molar-refractivity contribution in [2.75, 3.05) is 0 Å². The van der Waals surface area contributed by atoms with Gasteiger partial charge in [0.2, 0.25) is 0 Å². The molecule has 0 atom stereocenters. The molecule has 16 heavy (non-hydrogen) atoms. The molecule has 0 fully saturated rings. The maximum Gasteiger partial charge on any atom is 0.335 e. The maximum absolute atomic E-state index is 11.5. The highest BCUT2D eigenvalue weighted by Crippen LogP contribution is 2.13. The Hall–Kier alpha value is -1.70. The highest BCUT2D eigenvalue weighted by atomic mass is 79.9. The van der Waals surface area contributed by atoms with Crippen LogP contribution in [0.3, 0.4) is 0 Å². The molecule has 8 heteroatoms. The summed E-state index contributed by atoms with van der Waals surface area (Å²) in [5, 5.41) is 19.0. The van der Waals surface area contributed by atoms with Crippen molar-refractivity contribution < 1.29 is 14.8 Å². The average molecular weight is 291 g/mol. The zero-order valence-electron chi connectivity index (χ0n) is 7.92. The molecule has 0 aliphatic heterocycles. The molecular weight excluding hydrogens is 284 g/mol. The molecule has 0 saturated carbocycles. The topological polar surface area (TPSA) is 102 Å². The SMILES string of the molecule is O=C(O)CCn1cc(Br)cc([N+](=O)[O-])c1=O. The number of hydrogen-bond donors (Lipinski definition) is 1. The summed E-state index contributed by atoms with van der Waals surface area (Å²) in [5.41, 5.74) is -1.39. The number of carboxylic acids is 1. The van der Waals surface area contributed by atoms with Crippen molar-refractivity contribution in [3.05, 3.63) is 37.2 Å². The number of aromatic nitrogens is 1. The lowest BCUT2D eigenvalue weighted by molar-refractivity contribution is -0.386. The molecule has 0 aromatic carbocycles. The number of halogens is 1. The van der Waals surface area contributed by atoms with Gasteiger partial charge in [-0.25, -0.2) is 0 Å². The van der Waals surface area contributed by atoms with Gasteiger partial charge < -0.3 is 9.67 Å². The zero-order chi connectivity index (χ0) is 12.3. The van der Waals surface area contributed by atoms with Gasteiger partial charge in [0.1, 0.15) is 0 Å². The molecule has 0 spiro atoms. The molecule has 7 nitrogen and oxygen atoms in total. The van der Waals surface area contributed by atoms with Crippen LogP contribution in [0.25, 0.3) is 0 Å². The Balaban J connectivity index is 3.14. The summed E-state index contributed by atoms with van der Waals surface area (Å²) >= 11 is 3.01. The van der Waals surface area contributed by atoms with Crippen LogP contribution in [-0.2, 0) is 11.3 Å². The fourth-order valence-electron chi connectivity index (χ4n) is 1.10. The van der Waals surface area contributed by atoms with Gasteiger partial charge in [-0.3, -0.25) is 19.7 Å². The predicted molar refractivity (Wildman–Crippen MR) is 57.3 cm³/mol.